The number of hydrogen-bond donors (Lipinski definition) is 1. The van der Waals surface area contributed by atoms with Crippen LogP contribution in [-0.2, 0) is 18.3 Å². The number of methoxy groups -OCH3 is 1. The summed E-state index contributed by atoms with van der Waals surface area (Å²) in [5.74, 6) is -0.765. The summed E-state index contributed by atoms with van der Waals surface area (Å²) >= 11 is 0. The monoisotopic (exact) mass is 473 g/mol. The van der Waals surface area contributed by atoms with E-state index in [-0.39, 0.29) is 30.1 Å². The van der Waals surface area contributed by atoms with Gasteiger partial charge in [0.15, 0.2) is 0 Å². The molecule has 1 amide bonds. The molecule has 1 aliphatic rings. The van der Waals surface area contributed by atoms with Crippen LogP contribution in [0.2, 0.25) is 0 Å². The smallest absolute Gasteiger partial charge is 0.257 e. The number of benzene rings is 1. The fraction of sp³-hybridized carbons (Fsp3) is 0.280. The summed E-state index contributed by atoms with van der Waals surface area (Å²) in [6, 6.07) is 8.49. The van der Waals surface area contributed by atoms with Crippen molar-refractivity contribution in [3.8, 4) is 0 Å². The number of fused-ring (bicyclic) bond motifs is 4. The number of nitrogens with two attached hydrogens (primary N) is 1. The summed E-state index contributed by atoms with van der Waals surface area (Å²) in [4.78, 5) is 24.5. The second-order valence-corrected chi connectivity index (χ2v) is 8.99. The molecule has 4 aromatic heterocycles. The van der Waals surface area contributed by atoms with Crippen LogP contribution in [0.15, 0.2) is 48.9 Å². The minimum Gasteiger partial charge on any atom is -0.383 e. The van der Waals surface area contributed by atoms with Crippen molar-refractivity contribution in [3.63, 3.8) is 0 Å². The first-order valence-electron chi connectivity index (χ1n) is 11.4. The zero-order valence-electron chi connectivity index (χ0n) is 19.3. The molecule has 0 bridgehead atoms. The number of aryl methyl sites for hydroxylation is 1. The maximum Gasteiger partial charge on any atom is 0.257 e. The minimum absolute atomic E-state index is 0.0174. The number of amides is 1. The Labute approximate surface area is 199 Å². The number of rotatable bonds is 5. The normalized spacial score (nSPS) is 17.8. The van der Waals surface area contributed by atoms with Crippen LogP contribution < -0.4 is 5.73 Å². The highest BCUT2D eigenvalue weighted by Crippen LogP contribution is 2.33. The summed E-state index contributed by atoms with van der Waals surface area (Å²) in [6.45, 7) is 0.264. The molecule has 9 nitrogen and oxygen atoms in total. The Kier molecular flexibility index (Phi) is 4.92. The second kappa shape index (κ2) is 8.02. The van der Waals surface area contributed by atoms with Gasteiger partial charge in [0, 0.05) is 44.0 Å². The molecule has 0 saturated heterocycles. The molecule has 10 heteroatoms. The molecular formula is C25H24FN7O2. The van der Waals surface area contributed by atoms with Gasteiger partial charge in [-0.1, -0.05) is 6.07 Å². The maximum absolute atomic E-state index is 15.3. The van der Waals surface area contributed by atoms with Gasteiger partial charge in [0.25, 0.3) is 5.91 Å². The van der Waals surface area contributed by atoms with Crippen LogP contribution in [-0.4, -0.2) is 54.2 Å². The number of anilines is 1. The zero-order chi connectivity index (χ0) is 24.3. The largest absolute Gasteiger partial charge is 0.383 e. The molecule has 35 heavy (non-hydrogen) atoms. The van der Waals surface area contributed by atoms with E-state index in [1.54, 1.807) is 36.0 Å². The van der Waals surface area contributed by atoms with E-state index in [9.17, 15) is 4.79 Å². The number of nitrogens with zero attached hydrogens (tertiary/aromatic N) is 6. The number of carbonyl (C=O) groups is 1. The van der Waals surface area contributed by atoms with Crippen LogP contribution in [0.25, 0.3) is 27.5 Å². The molecule has 2 N–H and O–H groups in total. The van der Waals surface area contributed by atoms with Gasteiger partial charge < -0.3 is 19.8 Å². The number of nitrogen functional groups attached to an aromatic ring is 1. The van der Waals surface area contributed by atoms with Crippen molar-refractivity contribution < 1.29 is 13.9 Å². The molecular weight excluding hydrogens is 449 g/mol. The lowest BCUT2D eigenvalue weighted by Crippen LogP contribution is -2.50. The Hall–Kier alpha value is -4.05. The Bertz CT molecular complexity index is 1570. The number of hydrogen-bond acceptors (Lipinski definition) is 6. The lowest BCUT2D eigenvalue weighted by Gasteiger charge is -2.42. The fourth-order valence-electron chi connectivity index (χ4n) is 4.89. The van der Waals surface area contributed by atoms with Crippen LogP contribution in [0.1, 0.15) is 28.9 Å². The average Bonchev–Trinajstić information content (AvgIpc) is 3.40. The molecule has 1 aromatic carbocycles. The Balaban J connectivity index is 1.43. The molecule has 6 rings (SSSR count). The fourth-order valence-corrected chi connectivity index (χ4v) is 4.89. The van der Waals surface area contributed by atoms with Crippen LogP contribution in [0.3, 0.4) is 0 Å². The van der Waals surface area contributed by atoms with Crippen molar-refractivity contribution in [1.29, 1.82) is 0 Å². The van der Waals surface area contributed by atoms with Gasteiger partial charge in [-0.05, 0) is 31.0 Å². The lowest BCUT2D eigenvalue weighted by atomic mass is 9.87. The molecule has 5 aromatic rings. The number of imidazole rings is 1. The van der Waals surface area contributed by atoms with E-state index in [2.05, 4.69) is 15.1 Å². The van der Waals surface area contributed by atoms with E-state index in [1.165, 1.54) is 6.07 Å². The van der Waals surface area contributed by atoms with E-state index in [0.717, 1.165) is 11.3 Å². The first kappa shape index (κ1) is 21.5. The van der Waals surface area contributed by atoms with E-state index >= 15 is 4.39 Å². The zero-order valence-corrected chi connectivity index (χ0v) is 19.3. The highest BCUT2D eigenvalue weighted by atomic mass is 19.1. The Morgan fingerprint density at radius 1 is 1.26 bits per heavy atom. The molecule has 0 unspecified atom stereocenters. The van der Waals surface area contributed by atoms with Crippen molar-refractivity contribution in [2.45, 2.75) is 31.5 Å². The number of halogens is 1. The van der Waals surface area contributed by atoms with Gasteiger partial charge in [0.2, 0.25) is 0 Å². The van der Waals surface area contributed by atoms with Crippen LogP contribution in [0, 0.1) is 5.82 Å². The number of aromatic nitrogens is 5. The SMILES string of the molecule is COC1CC(N(Cc2cn3ccccc3n2)C(=O)c2cc3c(cc2F)nc(N)c2cnn(C)c23)C1. The van der Waals surface area contributed by atoms with Crippen molar-refractivity contribution in [2.75, 3.05) is 12.8 Å². The summed E-state index contributed by atoms with van der Waals surface area (Å²) in [5.41, 5.74) is 8.64. The highest BCUT2D eigenvalue weighted by Gasteiger charge is 2.37. The van der Waals surface area contributed by atoms with Crippen molar-refractivity contribution in [2.24, 2.45) is 7.05 Å². The van der Waals surface area contributed by atoms with E-state index < -0.39 is 11.7 Å². The molecule has 1 saturated carbocycles. The van der Waals surface area contributed by atoms with Crippen LogP contribution in [0.5, 0.6) is 0 Å². The van der Waals surface area contributed by atoms with Gasteiger partial charge in [-0.3, -0.25) is 9.48 Å². The average molecular weight is 474 g/mol. The predicted molar refractivity (Wildman–Crippen MR) is 129 cm³/mol. The molecule has 0 atom stereocenters. The van der Waals surface area contributed by atoms with Gasteiger partial charge in [0.05, 0.1) is 46.5 Å². The lowest BCUT2D eigenvalue weighted by molar-refractivity contribution is -0.0233. The third-order valence-corrected chi connectivity index (χ3v) is 6.88. The summed E-state index contributed by atoms with van der Waals surface area (Å²) in [7, 11) is 3.44. The van der Waals surface area contributed by atoms with Crippen molar-refractivity contribution in [3.05, 3.63) is 66.0 Å². The molecule has 4 heterocycles. The van der Waals surface area contributed by atoms with Crippen LogP contribution in [0.4, 0.5) is 10.2 Å². The van der Waals surface area contributed by atoms with Crippen LogP contribution >= 0.6 is 0 Å². The first-order valence-corrected chi connectivity index (χ1v) is 11.4. The second-order valence-electron chi connectivity index (χ2n) is 8.99. The van der Waals surface area contributed by atoms with Gasteiger partial charge in [-0.25, -0.2) is 14.4 Å². The minimum atomic E-state index is -0.640. The summed E-state index contributed by atoms with van der Waals surface area (Å²) in [6.07, 6.45) is 6.88. The predicted octanol–water partition coefficient (Wildman–Crippen LogP) is 3.31. The summed E-state index contributed by atoms with van der Waals surface area (Å²) in [5, 5.41) is 5.55. The Morgan fingerprint density at radius 2 is 2.09 bits per heavy atom. The first-order chi connectivity index (χ1) is 16.9. The molecule has 1 aliphatic carbocycles. The van der Waals surface area contributed by atoms with Crippen molar-refractivity contribution in [1.82, 2.24) is 29.0 Å². The molecule has 178 valence electrons. The third-order valence-electron chi connectivity index (χ3n) is 6.88. The standard InChI is InChI=1S/C25H24FN7O2/c1-31-23-18-9-17(20(26)10-21(18)30-24(27)19(23)11-28-31)25(34)33(15-7-16(8-15)35-2)13-14-12-32-6-4-3-5-22(32)29-14/h3-6,9-12,15-16H,7-8,13H2,1-2H3,(H2,27,30). The van der Waals surface area contributed by atoms with E-state index in [4.69, 9.17) is 10.5 Å². The quantitative estimate of drug-likeness (QED) is 0.420. The topological polar surface area (TPSA) is 104 Å². The third kappa shape index (κ3) is 3.48. The number of ether oxygens (including phenoxy) is 1. The van der Waals surface area contributed by atoms with Gasteiger partial charge in [-0.15, -0.1) is 0 Å². The van der Waals surface area contributed by atoms with E-state index in [1.807, 2.05) is 35.0 Å². The highest BCUT2D eigenvalue weighted by molar-refractivity contribution is 6.10. The van der Waals surface area contributed by atoms with Gasteiger partial charge in [-0.2, -0.15) is 5.10 Å². The number of pyridine rings is 2. The molecule has 0 aliphatic heterocycles. The number of carbonyl (C=O) groups excluding carboxylic acids is 1. The van der Waals surface area contributed by atoms with Gasteiger partial charge >= 0.3 is 0 Å². The molecule has 0 radical (unpaired) electrons. The van der Waals surface area contributed by atoms with Gasteiger partial charge in [0.1, 0.15) is 17.3 Å². The molecule has 1 fully saturated rings. The van der Waals surface area contributed by atoms with E-state index in [0.29, 0.717) is 34.6 Å². The Morgan fingerprint density at radius 3 is 2.86 bits per heavy atom. The van der Waals surface area contributed by atoms with Crippen molar-refractivity contribution >= 4 is 39.2 Å². The molecule has 0 spiro atoms. The summed E-state index contributed by atoms with van der Waals surface area (Å²) < 4.78 is 24.3. The maximum atomic E-state index is 15.3.